The molecule has 38 heavy (non-hydrogen) atoms. The van der Waals surface area contributed by atoms with Crippen LogP contribution in [0.2, 0.25) is 5.02 Å². The van der Waals surface area contributed by atoms with Crippen LogP contribution in [0.5, 0.6) is 0 Å². The number of hydrogen-bond acceptors (Lipinski definition) is 4. The largest absolute Gasteiger partial charge is 0.416 e. The van der Waals surface area contributed by atoms with Crippen molar-refractivity contribution in [1.82, 2.24) is 10.2 Å². The molecule has 0 heterocycles. The standard InChI is InChI=1S/C26H33ClF3N3O4S/c1-6-18(4)31-25(35)22(7-2)32(15-19-10-8-9-17(3)13-19)24(34)16-33(38(5,36)37)23-14-20(26(28,29)30)11-12-21(23)27/h8-14,18,22H,6-7,15-16H2,1-5H3,(H,31,35)/t18-,22+/m1/s1. The maximum absolute atomic E-state index is 13.7. The predicted molar refractivity (Wildman–Crippen MR) is 142 cm³/mol. The second-order valence-electron chi connectivity index (χ2n) is 9.19. The average molecular weight is 576 g/mol. The smallest absolute Gasteiger partial charge is 0.352 e. The molecule has 2 amide bonds. The maximum atomic E-state index is 13.7. The topological polar surface area (TPSA) is 86.8 Å². The van der Waals surface area contributed by atoms with E-state index in [1.165, 1.54) is 4.90 Å². The molecule has 0 aliphatic carbocycles. The van der Waals surface area contributed by atoms with E-state index in [4.69, 9.17) is 11.6 Å². The normalized spacial score (nSPS) is 13.5. The van der Waals surface area contributed by atoms with Crippen molar-refractivity contribution in [1.29, 1.82) is 0 Å². The first-order valence-corrected chi connectivity index (χ1v) is 14.3. The van der Waals surface area contributed by atoms with Crippen molar-refractivity contribution in [2.75, 3.05) is 17.1 Å². The summed E-state index contributed by atoms with van der Waals surface area (Å²) in [4.78, 5) is 28.1. The number of alkyl halides is 3. The fourth-order valence-corrected chi connectivity index (χ4v) is 4.97. The van der Waals surface area contributed by atoms with Crippen molar-refractivity contribution < 1.29 is 31.2 Å². The van der Waals surface area contributed by atoms with E-state index in [-0.39, 0.29) is 24.0 Å². The van der Waals surface area contributed by atoms with Gasteiger partial charge in [0, 0.05) is 12.6 Å². The SMILES string of the molecule is CC[C@@H](C)NC(=O)[C@H](CC)N(Cc1cccc(C)c1)C(=O)CN(c1cc(C(F)(F)F)ccc1Cl)S(C)(=O)=O. The van der Waals surface area contributed by atoms with Crippen LogP contribution in [0.25, 0.3) is 0 Å². The van der Waals surface area contributed by atoms with Crippen molar-refractivity contribution in [3.63, 3.8) is 0 Å². The van der Waals surface area contributed by atoms with E-state index in [1.807, 2.05) is 32.9 Å². The van der Waals surface area contributed by atoms with Crippen molar-refractivity contribution in [2.24, 2.45) is 0 Å². The molecule has 0 radical (unpaired) electrons. The number of nitrogens with zero attached hydrogens (tertiary/aromatic N) is 2. The highest BCUT2D eigenvalue weighted by Crippen LogP contribution is 2.36. The summed E-state index contributed by atoms with van der Waals surface area (Å²) >= 11 is 6.11. The summed E-state index contributed by atoms with van der Waals surface area (Å²) in [5.74, 6) is -1.18. The van der Waals surface area contributed by atoms with E-state index in [1.54, 1.807) is 19.1 Å². The predicted octanol–water partition coefficient (Wildman–Crippen LogP) is 5.16. The van der Waals surface area contributed by atoms with Crippen LogP contribution in [0.15, 0.2) is 42.5 Å². The van der Waals surface area contributed by atoms with Crippen LogP contribution in [-0.2, 0) is 32.3 Å². The number of aryl methyl sites for hydroxylation is 1. The van der Waals surface area contributed by atoms with Gasteiger partial charge in [0.15, 0.2) is 0 Å². The fourth-order valence-electron chi connectivity index (χ4n) is 3.84. The molecule has 12 heteroatoms. The maximum Gasteiger partial charge on any atom is 0.416 e. The number of sulfonamides is 1. The first-order chi connectivity index (χ1) is 17.6. The van der Waals surface area contributed by atoms with Gasteiger partial charge in [0.05, 0.1) is 22.5 Å². The zero-order valence-electron chi connectivity index (χ0n) is 22.0. The number of halogens is 4. The van der Waals surface area contributed by atoms with Crippen molar-refractivity contribution in [3.8, 4) is 0 Å². The van der Waals surface area contributed by atoms with Gasteiger partial charge >= 0.3 is 6.18 Å². The highest BCUT2D eigenvalue weighted by Gasteiger charge is 2.35. The molecule has 1 N–H and O–H groups in total. The first kappa shape index (κ1) is 31.4. The summed E-state index contributed by atoms with van der Waals surface area (Å²) in [5, 5.41) is 2.58. The molecule has 0 aromatic heterocycles. The average Bonchev–Trinajstić information content (AvgIpc) is 2.81. The van der Waals surface area contributed by atoms with Gasteiger partial charge in [-0.05, 0) is 50.5 Å². The molecular formula is C26H33ClF3N3O4S. The lowest BCUT2D eigenvalue weighted by molar-refractivity contribution is -0.140. The van der Waals surface area contributed by atoms with Gasteiger partial charge in [0.25, 0.3) is 0 Å². The summed E-state index contributed by atoms with van der Waals surface area (Å²) in [6.07, 6.45) is -3.10. The van der Waals surface area contributed by atoms with Gasteiger partial charge < -0.3 is 10.2 Å². The van der Waals surface area contributed by atoms with Gasteiger partial charge in [-0.2, -0.15) is 13.2 Å². The Hall–Kier alpha value is -2.79. The molecule has 7 nitrogen and oxygen atoms in total. The Morgan fingerprint density at radius 3 is 2.26 bits per heavy atom. The molecule has 0 aliphatic heterocycles. The zero-order chi connectivity index (χ0) is 28.8. The minimum Gasteiger partial charge on any atom is -0.352 e. The number of carbonyl (C=O) groups excluding carboxylic acids is 2. The van der Waals surface area contributed by atoms with Crippen LogP contribution in [-0.4, -0.2) is 50.0 Å². The van der Waals surface area contributed by atoms with Gasteiger partial charge in [0.2, 0.25) is 21.8 Å². The molecule has 210 valence electrons. The van der Waals surface area contributed by atoms with Crippen LogP contribution in [0, 0.1) is 6.92 Å². The summed E-state index contributed by atoms with van der Waals surface area (Å²) in [5.41, 5.74) is 0.0237. The number of carbonyl (C=O) groups is 2. The second-order valence-corrected chi connectivity index (χ2v) is 11.5. The Morgan fingerprint density at radius 2 is 1.74 bits per heavy atom. The molecule has 0 saturated heterocycles. The molecule has 2 aromatic carbocycles. The molecule has 2 rings (SSSR count). The van der Waals surface area contributed by atoms with E-state index in [2.05, 4.69) is 5.32 Å². The van der Waals surface area contributed by atoms with E-state index in [0.29, 0.717) is 22.4 Å². The lowest BCUT2D eigenvalue weighted by Crippen LogP contribution is -2.53. The molecule has 0 spiro atoms. The van der Waals surface area contributed by atoms with Crippen LogP contribution in [0.4, 0.5) is 18.9 Å². The number of rotatable bonds is 11. The third kappa shape index (κ3) is 8.36. The van der Waals surface area contributed by atoms with Crippen molar-refractivity contribution in [2.45, 2.75) is 65.3 Å². The summed E-state index contributed by atoms with van der Waals surface area (Å²) < 4.78 is 66.0. The minimum absolute atomic E-state index is 0.0130. The number of anilines is 1. The van der Waals surface area contributed by atoms with E-state index in [0.717, 1.165) is 24.0 Å². The zero-order valence-corrected chi connectivity index (χ0v) is 23.5. The van der Waals surface area contributed by atoms with Gasteiger partial charge in [-0.15, -0.1) is 0 Å². The van der Waals surface area contributed by atoms with E-state index >= 15 is 0 Å². The van der Waals surface area contributed by atoms with Crippen molar-refractivity contribution in [3.05, 3.63) is 64.2 Å². The Bertz CT molecular complexity index is 1250. The van der Waals surface area contributed by atoms with Gasteiger partial charge in [-0.25, -0.2) is 8.42 Å². The molecule has 0 saturated carbocycles. The third-order valence-electron chi connectivity index (χ3n) is 6.04. The molecule has 0 aliphatic rings. The first-order valence-electron chi connectivity index (χ1n) is 12.1. The Morgan fingerprint density at radius 1 is 1.08 bits per heavy atom. The van der Waals surface area contributed by atoms with Gasteiger partial charge in [-0.3, -0.25) is 13.9 Å². The molecule has 0 unspecified atom stereocenters. The van der Waals surface area contributed by atoms with Gasteiger partial charge in [-0.1, -0.05) is 55.3 Å². The monoisotopic (exact) mass is 575 g/mol. The number of hydrogen-bond donors (Lipinski definition) is 1. The summed E-state index contributed by atoms with van der Waals surface area (Å²) in [6.45, 7) is 6.43. The number of nitrogens with one attached hydrogen (secondary N) is 1. The second kappa shape index (κ2) is 12.8. The molecule has 2 atom stereocenters. The molecular weight excluding hydrogens is 543 g/mol. The Balaban J connectivity index is 2.55. The van der Waals surface area contributed by atoms with E-state index < -0.39 is 51.9 Å². The molecule has 2 aromatic rings. The minimum atomic E-state index is -4.76. The Kier molecular flexibility index (Phi) is 10.6. The van der Waals surface area contributed by atoms with E-state index in [9.17, 15) is 31.2 Å². The van der Waals surface area contributed by atoms with Gasteiger partial charge in [0.1, 0.15) is 12.6 Å². The van der Waals surface area contributed by atoms with Crippen LogP contribution >= 0.6 is 11.6 Å². The fraction of sp³-hybridized carbons (Fsp3) is 0.462. The number of benzene rings is 2. The highest BCUT2D eigenvalue weighted by molar-refractivity contribution is 7.92. The number of amides is 2. The molecule has 0 bridgehead atoms. The quantitative estimate of drug-likeness (QED) is 0.401. The lowest BCUT2D eigenvalue weighted by Gasteiger charge is -2.33. The van der Waals surface area contributed by atoms with Crippen LogP contribution in [0.3, 0.4) is 0 Å². The Labute approximate surface area is 227 Å². The molecule has 0 fully saturated rings. The van der Waals surface area contributed by atoms with Crippen LogP contribution in [0.1, 0.15) is 50.3 Å². The third-order valence-corrected chi connectivity index (χ3v) is 7.49. The van der Waals surface area contributed by atoms with Crippen molar-refractivity contribution >= 4 is 39.1 Å². The highest BCUT2D eigenvalue weighted by atomic mass is 35.5. The summed E-state index contributed by atoms with van der Waals surface area (Å²) in [7, 11) is -4.25. The summed E-state index contributed by atoms with van der Waals surface area (Å²) in [6, 6.07) is 8.39. The lowest BCUT2D eigenvalue weighted by atomic mass is 10.1. The van der Waals surface area contributed by atoms with Crippen LogP contribution < -0.4 is 9.62 Å².